The zero-order valence-corrected chi connectivity index (χ0v) is 12.0. The molecule has 0 radical (unpaired) electrons. The second-order valence-corrected chi connectivity index (χ2v) is 5.80. The summed E-state index contributed by atoms with van der Waals surface area (Å²) < 4.78 is 0. The van der Waals surface area contributed by atoms with E-state index in [9.17, 15) is 15.0 Å². The van der Waals surface area contributed by atoms with E-state index in [1.807, 2.05) is 32.9 Å². The average Bonchev–Trinajstić information content (AvgIpc) is 2.29. The van der Waals surface area contributed by atoms with Crippen LogP contribution in [0.15, 0.2) is 12.1 Å². The highest BCUT2D eigenvalue weighted by Gasteiger charge is 2.21. The average molecular weight is 268 g/mol. The van der Waals surface area contributed by atoms with Gasteiger partial charge < -0.3 is 10.2 Å². The molecule has 0 aliphatic heterocycles. The molecule has 1 aromatic carbocycles. The Morgan fingerprint density at radius 3 is 2.28 bits per heavy atom. The third kappa shape index (κ3) is 3.83. The molecule has 3 nitrogen and oxygen atoms in total. The maximum atomic E-state index is 10.8. The normalized spacial score (nSPS) is 14.3. The molecule has 0 bridgehead atoms. The Morgan fingerprint density at radius 1 is 1.17 bits per heavy atom. The fraction of sp³-hybridized carbons (Fsp3) is 0.500. The summed E-state index contributed by atoms with van der Waals surface area (Å²) in [5.74, 6) is 0.211. The van der Waals surface area contributed by atoms with Crippen LogP contribution in [0.4, 0.5) is 0 Å². The summed E-state index contributed by atoms with van der Waals surface area (Å²) in [5, 5.41) is 19.9. The summed E-state index contributed by atoms with van der Waals surface area (Å²) in [5.41, 5.74) is 3.93. The molecule has 2 unspecified atom stereocenters. The Hall–Kier alpha value is -0.840. The predicted molar refractivity (Wildman–Crippen MR) is 74.8 cm³/mol. The van der Waals surface area contributed by atoms with Crippen LogP contribution in [0, 0.1) is 20.8 Å². The highest BCUT2D eigenvalue weighted by molar-refractivity contribution is 8.13. The fourth-order valence-corrected chi connectivity index (χ4v) is 2.39. The molecule has 0 aromatic heterocycles. The molecule has 1 rings (SSSR count). The smallest absolute Gasteiger partial charge is 0.185 e. The largest absolute Gasteiger partial charge is 0.389 e. The van der Waals surface area contributed by atoms with Gasteiger partial charge in [-0.3, -0.25) is 4.79 Å². The number of aliphatic hydroxyl groups excluding tert-OH is 2. The monoisotopic (exact) mass is 268 g/mol. The molecule has 0 aliphatic rings. The number of carbonyl (C=O) groups excluding carboxylic acids is 1. The summed E-state index contributed by atoms with van der Waals surface area (Å²) in [6.07, 6.45) is -1.88. The van der Waals surface area contributed by atoms with E-state index in [0.717, 1.165) is 34.0 Å². The zero-order chi connectivity index (χ0) is 13.9. The zero-order valence-electron chi connectivity index (χ0n) is 11.2. The van der Waals surface area contributed by atoms with Crippen molar-refractivity contribution in [2.24, 2.45) is 0 Å². The topological polar surface area (TPSA) is 57.5 Å². The molecule has 1 aromatic rings. The van der Waals surface area contributed by atoms with Gasteiger partial charge in [-0.2, -0.15) is 0 Å². The highest BCUT2D eigenvalue weighted by atomic mass is 32.2. The first-order valence-corrected chi connectivity index (χ1v) is 6.88. The van der Waals surface area contributed by atoms with Crippen LogP contribution in [-0.4, -0.2) is 27.2 Å². The molecular weight excluding hydrogens is 248 g/mol. The van der Waals surface area contributed by atoms with Gasteiger partial charge in [-0.1, -0.05) is 23.9 Å². The predicted octanol–water partition coefficient (Wildman–Crippen LogP) is 2.29. The maximum absolute atomic E-state index is 10.8. The van der Waals surface area contributed by atoms with E-state index in [0.29, 0.717) is 0 Å². The number of aliphatic hydroxyl groups is 2. The molecule has 0 spiro atoms. The van der Waals surface area contributed by atoms with E-state index < -0.39 is 12.2 Å². The Morgan fingerprint density at radius 2 is 1.72 bits per heavy atom. The second kappa shape index (κ2) is 6.36. The Kier molecular flexibility index (Phi) is 5.38. The molecule has 0 amide bonds. The minimum Gasteiger partial charge on any atom is -0.389 e. The van der Waals surface area contributed by atoms with Gasteiger partial charge in [0.05, 0.1) is 6.10 Å². The molecule has 2 N–H and O–H groups in total. The molecule has 100 valence electrons. The van der Waals surface area contributed by atoms with E-state index >= 15 is 0 Å². The lowest BCUT2D eigenvalue weighted by molar-refractivity contribution is -0.109. The van der Waals surface area contributed by atoms with Crippen molar-refractivity contribution in [3.05, 3.63) is 34.4 Å². The minimum atomic E-state index is -0.948. The number of aryl methyl sites for hydroxylation is 3. The summed E-state index contributed by atoms with van der Waals surface area (Å²) in [6.45, 7) is 7.35. The number of benzene rings is 1. The van der Waals surface area contributed by atoms with E-state index in [-0.39, 0.29) is 10.9 Å². The van der Waals surface area contributed by atoms with Crippen molar-refractivity contribution in [3.63, 3.8) is 0 Å². The molecular formula is C14H20O3S. The molecule has 0 saturated carbocycles. The van der Waals surface area contributed by atoms with Crippen molar-refractivity contribution in [2.45, 2.75) is 39.9 Å². The molecule has 2 atom stereocenters. The number of rotatable bonds is 4. The summed E-state index contributed by atoms with van der Waals surface area (Å²) in [4.78, 5) is 10.8. The van der Waals surface area contributed by atoms with Gasteiger partial charge in [0.25, 0.3) is 0 Å². The van der Waals surface area contributed by atoms with Gasteiger partial charge >= 0.3 is 0 Å². The molecule has 18 heavy (non-hydrogen) atoms. The summed E-state index contributed by atoms with van der Waals surface area (Å²) >= 11 is 1.03. The van der Waals surface area contributed by atoms with Gasteiger partial charge in [0.1, 0.15) is 6.10 Å². The SMILES string of the molecule is CC(=O)SCC(O)C(O)c1cc(C)c(C)cc1C. The third-order valence-corrected chi connectivity index (χ3v) is 3.94. The number of carbonyl (C=O) groups is 1. The van der Waals surface area contributed by atoms with Gasteiger partial charge in [-0.05, 0) is 43.0 Å². The summed E-state index contributed by atoms with van der Waals surface area (Å²) in [6, 6.07) is 3.90. The number of hydrogen-bond donors (Lipinski definition) is 2. The fourth-order valence-electron chi connectivity index (χ4n) is 1.80. The maximum Gasteiger partial charge on any atom is 0.185 e. The lowest BCUT2D eigenvalue weighted by Crippen LogP contribution is -2.22. The number of thioether (sulfide) groups is 1. The van der Waals surface area contributed by atoms with Crippen molar-refractivity contribution in [3.8, 4) is 0 Å². The Bertz CT molecular complexity index is 443. The van der Waals surface area contributed by atoms with Crippen LogP contribution in [-0.2, 0) is 4.79 Å². The van der Waals surface area contributed by atoms with Crippen LogP contribution in [0.5, 0.6) is 0 Å². The quantitative estimate of drug-likeness (QED) is 0.879. The first-order valence-electron chi connectivity index (χ1n) is 5.90. The highest BCUT2D eigenvalue weighted by Crippen LogP contribution is 2.25. The van der Waals surface area contributed by atoms with Gasteiger partial charge in [-0.15, -0.1) is 0 Å². The van der Waals surface area contributed by atoms with Crippen LogP contribution >= 0.6 is 11.8 Å². The minimum absolute atomic E-state index is 0.0574. The van der Waals surface area contributed by atoms with Crippen LogP contribution in [0.1, 0.15) is 35.3 Å². The van der Waals surface area contributed by atoms with Gasteiger partial charge in [0, 0.05) is 12.7 Å². The van der Waals surface area contributed by atoms with Crippen molar-refractivity contribution < 1.29 is 15.0 Å². The second-order valence-electron chi connectivity index (χ2n) is 4.61. The van der Waals surface area contributed by atoms with Gasteiger partial charge in [-0.25, -0.2) is 0 Å². The van der Waals surface area contributed by atoms with Gasteiger partial charge in [0.15, 0.2) is 5.12 Å². The lowest BCUT2D eigenvalue weighted by atomic mass is 9.95. The number of hydrogen-bond acceptors (Lipinski definition) is 4. The van der Waals surface area contributed by atoms with E-state index in [1.165, 1.54) is 6.92 Å². The standard InChI is InChI=1S/C14H20O3S/c1-8-5-10(3)12(6-9(8)2)14(17)13(16)7-18-11(4)15/h5-6,13-14,16-17H,7H2,1-4H3. The Balaban J connectivity index is 2.86. The molecule has 0 heterocycles. The Labute approximate surface area is 112 Å². The van der Waals surface area contributed by atoms with Crippen LogP contribution in [0.25, 0.3) is 0 Å². The van der Waals surface area contributed by atoms with E-state index in [1.54, 1.807) is 0 Å². The summed E-state index contributed by atoms with van der Waals surface area (Å²) in [7, 11) is 0. The van der Waals surface area contributed by atoms with Crippen molar-refractivity contribution in [2.75, 3.05) is 5.75 Å². The van der Waals surface area contributed by atoms with Crippen LogP contribution < -0.4 is 0 Å². The molecule has 0 saturated heterocycles. The molecule has 4 heteroatoms. The van der Waals surface area contributed by atoms with Crippen LogP contribution in [0.3, 0.4) is 0 Å². The third-order valence-electron chi connectivity index (χ3n) is 3.02. The van der Waals surface area contributed by atoms with E-state index in [4.69, 9.17) is 0 Å². The van der Waals surface area contributed by atoms with Crippen molar-refractivity contribution >= 4 is 16.9 Å². The van der Waals surface area contributed by atoms with E-state index in [2.05, 4.69) is 0 Å². The van der Waals surface area contributed by atoms with Crippen molar-refractivity contribution in [1.29, 1.82) is 0 Å². The first kappa shape index (κ1) is 15.2. The molecule has 0 fully saturated rings. The van der Waals surface area contributed by atoms with Crippen molar-refractivity contribution in [1.82, 2.24) is 0 Å². The first-order chi connectivity index (χ1) is 8.32. The van der Waals surface area contributed by atoms with Crippen LogP contribution in [0.2, 0.25) is 0 Å². The lowest BCUT2D eigenvalue weighted by Gasteiger charge is -2.20. The van der Waals surface area contributed by atoms with Gasteiger partial charge in [0.2, 0.25) is 0 Å². The molecule has 0 aliphatic carbocycles.